The first kappa shape index (κ1) is 17.6. The molecule has 9 heteroatoms. The highest BCUT2D eigenvalue weighted by atomic mass is 35.5. The lowest BCUT2D eigenvalue weighted by atomic mass is 10.2. The highest BCUT2D eigenvalue weighted by Gasteiger charge is 2.16. The highest BCUT2D eigenvalue weighted by Crippen LogP contribution is 2.29. The van der Waals surface area contributed by atoms with Crippen LogP contribution in [-0.2, 0) is 0 Å². The van der Waals surface area contributed by atoms with Gasteiger partial charge in [-0.25, -0.2) is 0 Å². The molecule has 2 rings (SSSR count). The molecule has 0 aliphatic heterocycles. The summed E-state index contributed by atoms with van der Waals surface area (Å²) in [5.41, 5.74) is 0.388. The van der Waals surface area contributed by atoms with E-state index < -0.39 is 10.8 Å². The number of nitrogens with zero attached hydrogens (tertiary/aromatic N) is 1. The molecule has 0 heterocycles. The van der Waals surface area contributed by atoms with E-state index in [4.69, 9.17) is 28.6 Å². The van der Waals surface area contributed by atoms with Crippen molar-refractivity contribution >= 4 is 46.2 Å². The lowest BCUT2D eigenvalue weighted by molar-refractivity contribution is -0.385. The zero-order valence-corrected chi connectivity index (χ0v) is 14.0. The van der Waals surface area contributed by atoms with Crippen molar-refractivity contribution in [3.8, 4) is 5.75 Å². The summed E-state index contributed by atoms with van der Waals surface area (Å²) in [5.74, 6) is -0.363. The lowest BCUT2D eigenvalue weighted by Gasteiger charge is -2.11. The Kier molecular flexibility index (Phi) is 5.67. The Balaban J connectivity index is 2.10. The summed E-state index contributed by atoms with van der Waals surface area (Å²) in [6, 6.07) is 10.7. The van der Waals surface area contributed by atoms with Gasteiger partial charge >= 0.3 is 5.69 Å². The van der Waals surface area contributed by atoms with Crippen LogP contribution >= 0.6 is 23.8 Å². The number of methoxy groups -OCH3 is 1. The van der Waals surface area contributed by atoms with Crippen molar-refractivity contribution in [3.63, 3.8) is 0 Å². The topological polar surface area (TPSA) is 93.5 Å². The van der Waals surface area contributed by atoms with Gasteiger partial charge in [0.25, 0.3) is 5.91 Å². The van der Waals surface area contributed by atoms with Crippen molar-refractivity contribution in [1.82, 2.24) is 5.32 Å². The second kappa shape index (κ2) is 7.71. The van der Waals surface area contributed by atoms with Crippen LogP contribution < -0.4 is 15.4 Å². The first-order valence-corrected chi connectivity index (χ1v) is 7.40. The number of thiocarbonyl (C=S) groups is 1. The van der Waals surface area contributed by atoms with Crippen molar-refractivity contribution in [2.45, 2.75) is 0 Å². The number of anilines is 1. The Morgan fingerprint density at radius 1 is 1.29 bits per heavy atom. The Labute approximate surface area is 147 Å². The maximum Gasteiger partial charge on any atom is 0.312 e. The van der Waals surface area contributed by atoms with E-state index >= 15 is 0 Å². The van der Waals surface area contributed by atoms with Gasteiger partial charge in [0.2, 0.25) is 0 Å². The van der Waals surface area contributed by atoms with E-state index in [0.717, 1.165) is 0 Å². The Bertz CT molecular complexity index is 813. The Morgan fingerprint density at radius 2 is 2.00 bits per heavy atom. The van der Waals surface area contributed by atoms with Crippen LogP contribution in [0.4, 0.5) is 11.4 Å². The molecule has 2 aromatic rings. The normalized spacial score (nSPS) is 9.92. The van der Waals surface area contributed by atoms with Gasteiger partial charge in [0.15, 0.2) is 10.9 Å². The zero-order chi connectivity index (χ0) is 17.7. The number of halogens is 1. The quantitative estimate of drug-likeness (QED) is 0.490. The molecule has 0 unspecified atom stereocenters. The third-order valence-corrected chi connectivity index (χ3v) is 3.51. The molecule has 0 spiro atoms. The molecule has 0 saturated heterocycles. The van der Waals surface area contributed by atoms with Gasteiger partial charge < -0.3 is 10.1 Å². The smallest absolute Gasteiger partial charge is 0.312 e. The van der Waals surface area contributed by atoms with E-state index in [1.54, 1.807) is 30.3 Å². The maximum atomic E-state index is 12.1. The van der Waals surface area contributed by atoms with Crippen LogP contribution in [0.5, 0.6) is 5.75 Å². The number of carbonyl (C=O) groups is 1. The average molecular weight is 366 g/mol. The molecule has 0 aliphatic rings. The largest absolute Gasteiger partial charge is 0.490 e. The van der Waals surface area contributed by atoms with Crippen LogP contribution in [0.1, 0.15) is 10.4 Å². The number of rotatable bonds is 4. The first-order valence-electron chi connectivity index (χ1n) is 6.61. The second-order valence-electron chi connectivity index (χ2n) is 4.53. The minimum atomic E-state index is -0.574. The molecule has 0 aliphatic carbocycles. The lowest BCUT2D eigenvalue weighted by Crippen LogP contribution is -2.34. The van der Waals surface area contributed by atoms with Crippen LogP contribution in [0.3, 0.4) is 0 Å². The van der Waals surface area contributed by atoms with Crippen LogP contribution in [-0.4, -0.2) is 23.1 Å². The molecule has 2 N–H and O–H groups in total. The van der Waals surface area contributed by atoms with Crippen LogP contribution in [0.25, 0.3) is 0 Å². The molecule has 0 fully saturated rings. The summed E-state index contributed by atoms with van der Waals surface area (Å²) >= 11 is 11.0. The third-order valence-electron chi connectivity index (χ3n) is 2.98. The number of benzene rings is 2. The van der Waals surface area contributed by atoms with Gasteiger partial charge in [-0.05, 0) is 36.5 Å². The first-order chi connectivity index (χ1) is 11.4. The fraction of sp³-hybridized carbons (Fsp3) is 0.0667. The summed E-state index contributed by atoms with van der Waals surface area (Å²) in [7, 11) is 1.34. The fourth-order valence-electron chi connectivity index (χ4n) is 1.89. The van der Waals surface area contributed by atoms with Gasteiger partial charge in [0.1, 0.15) is 0 Å². The summed E-state index contributed by atoms with van der Waals surface area (Å²) in [4.78, 5) is 22.5. The van der Waals surface area contributed by atoms with E-state index in [0.29, 0.717) is 5.69 Å². The number of nitrogens with one attached hydrogen (secondary N) is 2. The predicted octanol–water partition coefficient (Wildman–Crippen LogP) is 3.38. The molecule has 1 amide bonds. The number of hydrogen-bond acceptors (Lipinski definition) is 5. The Morgan fingerprint density at radius 3 is 2.62 bits per heavy atom. The van der Waals surface area contributed by atoms with E-state index in [1.165, 1.54) is 19.2 Å². The van der Waals surface area contributed by atoms with Gasteiger partial charge in [-0.1, -0.05) is 23.7 Å². The molecular formula is C15H12ClN3O4S. The highest BCUT2D eigenvalue weighted by molar-refractivity contribution is 7.80. The van der Waals surface area contributed by atoms with Crippen molar-refractivity contribution in [1.29, 1.82) is 0 Å². The van der Waals surface area contributed by atoms with Crippen molar-refractivity contribution in [2.75, 3.05) is 12.4 Å². The standard InChI is InChI=1S/C15H12ClN3O4S/c1-23-13-7-6-9(8-12(13)19(21)22)17-15(24)18-14(20)10-4-2-3-5-11(10)16/h2-8H,1H3,(H2,17,18,20,24). The van der Waals surface area contributed by atoms with Gasteiger partial charge in [-0.3, -0.25) is 20.2 Å². The number of ether oxygens (including phenoxy) is 1. The molecule has 0 radical (unpaired) electrons. The molecular weight excluding hydrogens is 354 g/mol. The fourth-order valence-corrected chi connectivity index (χ4v) is 2.32. The minimum absolute atomic E-state index is 0.0145. The number of hydrogen-bond donors (Lipinski definition) is 2. The summed E-state index contributed by atoms with van der Waals surface area (Å²) in [6.07, 6.45) is 0. The number of nitro benzene ring substituents is 1. The Hall–Kier alpha value is -2.71. The molecule has 2 aromatic carbocycles. The predicted molar refractivity (Wildman–Crippen MR) is 94.8 cm³/mol. The second-order valence-corrected chi connectivity index (χ2v) is 5.35. The molecule has 0 aromatic heterocycles. The van der Waals surface area contributed by atoms with Crippen LogP contribution in [0.2, 0.25) is 5.02 Å². The summed E-state index contributed by atoms with van der Waals surface area (Å²) in [5, 5.41) is 16.4. The van der Waals surface area contributed by atoms with Gasteiger partial charge in [-0.15, -0.1) is 0 Å². The average Bonchev–Trinajstić information content (AvgIpc) is 2.54. The summed E-state index contributed by atoms with van der Waals surface area (Å²) in [6.45, 7) is 0. The molecule has 124 valence electrons. The SMILES string of the molecule is COc1ccc(NC(=S)NC(=O)c2ccccc2Cl)cc1[N+](=O)[O-]. The number of amides is 1. The number of nitro groups is 1. The molecule has 0 saturated carbocycles. The molecule has 0 atom stereocenters. The molecule has 24 heavy (non-hydrogen) atoms. The van der Waals surface area contributed by atoms with Crippen molar-refractivity contribution < 1.29 is 14.5 Å². The van der Waals surface area contributed by atoms with Crippen molar-refractivity contribution in [2.24, 2.45) is 0 Å². The van der Waals surface area contributed by atoms with E-state index in [1.807, 2.05) is 0 Å². The molecule has 0 bridgehead atoms. The van der Waals surface area contributed by atoms with Gasteiger partial charge in [-0.2, -0.15) is 0 Å². The van der Waals surface area contributed by atoms with Crippen LogP contribution in [0, 0.1) is 10.1 Å². The molecule has 7 nitrogen and oxygen atoms in total. The third kappa shape index (κ3) is 4.18. The minimum Gasteiger partial charge on any atom is -0.490 e. The zero-order valence-electron chi connectivity index (χ0n) is 12.4. The van der Waals surface area contributed by atoms with Gasteiger partial charge in [0.05, 0.1) is 22.6 Å². The maximum absolute atomic E-state index is 12.1. The van der Waals surface area contributed by atoms with E-state index in [2.05, 4.69) is 10.6 Å². The van der Waals surface area contributed by atoms with Crippen molar-refractivity contribution in [3.05, 3.63) is 63.2 Å². The monoisotopic (exact) mass is 365 g/mol. The van der Waals surface area contributed by atoms with E-state index in [-0.39, 0.29) is 27.1 Å². The number of carbonyl (C=O) groups excluding carboxylic acids is 1. The van der Waals surface area contributed by atoms with E-state index in [9.17, 15) is 14.9 Å². The summed E-state index contributed by atoms with van der Waals surface area (Å²) < 4.78 is 4.92. The van der Waals surface area contributed by atoms with Gasteiger partial charge in [0, 0.05) is 11.8 Å². The van der Waals surface area contributed by atoms with Crippen LogP contribution in [0.15, 0.2) is 42.5 Å².